The summed E-state index contributed by atoms with van der Waals surface area (Å²) in [5.74, 6) is 1.55. The molecule has 1 aromatic heterocycles. The summed E-state index contributed by atoms with van der Waals surface area (Å²) >= 11 is 0. The number of rotatable bonds is 5. The Kier molecular flexibility index (Phi) is 7.02. The van der Waals surface area contributed by atoms with E-state index in [4.69, 9.17) is 0 Å². The van der Waals surface area contributed by atoms with Crippen LogP contribution in [0.4, 0.5) is 10.2 Å². The van der Waals surface area contributed by atoms with Crippen LogP contribution in [0, 0.1) is 5.82 Å². The second-order valence-corrected chi connectivity index (χ2v) is 6.83. The Hall–Kier alpha value is -2.63. The Bertz CT molecular complexity index is 719. The van der Waals surface area contributed by atoms with Crippen LogP contribution in [0.15, 0.2) is 47.6 Å². The van der Waals surface area contributed by atoms with Crippen LogP contribution in [-0.4, -0.2) is 31.1 Å². The number of halogens is 1. The van der Waals surface area contributed by atoms with Gasteiger partial charge in [0.2, 0.25) is 0 Å². The fourth-order valence-electron chi connectivity index (χ4n) is 3.20. The summed E-state index contributed by atoms with van der Waals surface area (Å²) in [5.41, 5.74) is 2.11. The third-order valence-electron chi connectivity index (χ3n) is 4.80. The second-order valence-electron chi connectivity index (χ2n) is 6.83. The van der Waals surface area contributed by atoms with E-state index in [1.165, 1.54) is 37.8 Å². The van der Waals surface area contributed by atoms with Gasteiger partial charge in [0.05, 0.1) is 0 Å². The molecule has 0 aliphatic carbocycles. The van der Waals surface area contributed by atoms with Gasteiger partial charge in [-0.2, -0.15) is 0 Å². The zero-order valence-electron chi connectivity index (χ0n) is 15.9. The molecule has 144 valence electrons. The minimum absolute atomic E-state index is 0.225. The highest BCUT2D eigenvalue weighted by atomic mass is 19.1. The number of nitrogens with zero attached hydrogens (tertiary/aromatic N) is 3. The number of guanidine groups is 1. The van der Waals surface area contributed by atoms with Crippen molar-refractivity contribution in [3.63, 3.8) is 0 Å². The molecule has 0 spiro atoms. The zero-order valence-corrected chi connectivity index (χ0v) is 15.9. The minimum Gasteiger partial charge on any atom is -0.357 e. The fraction of sp³-hybridized carbons (Fsp3) is 0.429. The van der Waals surface area contributed by atoms with E-state index in [-0.39, 0.29) is 5.82 Å². The van der Waals surface area contributed by atoms with E-state index >= 15 is 0 Å². The molecule has 1 aliphatic rings. The molecule has 5 nitrogen and oxygen atoms in total. The van der Waals surface area contributed by atoms with Gasteiger partial charge < -0.3 is 15.5 Å². The molecule has 0 saturated carbocycles. The molecule has 0 unspecified atom stereocenters. The van der Waals surface area contributed by atoms with Gasteiger partial charge in [-0.05, 0) is 42.2 Å². The highest BCUT2D eigenvalue weighted by Gasteiger charge is 2.10. The van der Waals surface area contributed by atoms with Crippen LogP contribution in [0.1, 0.15) is 36.8 Å². The van der Waals surface area contributed by atoms with Crippen molar-refractivity contribution in [1.82, 2.24) is 15.6 Å². The van der Waals surface area contributed by atoms with Gasteiger partial charge in [0.15, 0.2) is 5.96 Å². The Labute approximate surface area is 160 Å². The molecule has 1 fully saturated rings. The molecule has 1 aromatic carbocycles. The second kappa shape index (κ2) is 9.90. The normalized spacial score (nSPS) is 15.3. The summed E-state index contributed by atoms with van der Waals surface area (Å²) in [7, 11) is 1.74. The number of hydrogen-bond acceptors (Lipinski definition) is 3. The summed E-state index contributed by atoms with van der Waals surface area (Å²) in [4.78, 5) is 11.3. The Balaban J connectivity index is 1.48. The summed E-state index contributed by atoms with van der Waals surface area (Å²) in [6.45, 7) is 3.44. The van der Waals surface area contributed by atoms with E-state index < -0.39 is 0 Å². The maximum atomic E-state index is 13.0. The van der Waals surface area contributed by atoms with E-state index in [1.807, 2.05) is 6.20 Å². The first-order valence-corrected chi connectivity index (χ1v) is 9.63. The lowest BCUT2D eigenvalue weighted by atomic mass is 10.2. The van der Waals surface area contributed by atoms with Gasteiger partial charge in [0.1, 0.15) is 11.6 Å². The van der Waals surface area contributed by atoms with Gasteiger partial charge >= 0.3 is 0 Å². The molecular formula is C21H28FN5. The van der Waals surface area contributed by atoms with Gasteiger partial charge in [-0.15, -0.1) is 0 Å². The monoisotopic (exact) mass is 369 g/mol. The Morgan fingerprint density at radius 2 is 1.59 bits per heavy atom. The fourth-order valence-corrected chi connectivity index (χ4v) is 3.20. The van der Waals surface area contributed by atoms with Gasteiger partial charge in [-0.3, -0.25) is 4.99 Å². The molecule has 1 aliphatic heterocycles. The smallest absolute Gasteiger partial charge is 0.191 e. The van der Waals surface area contributed by atoms with Crippen LogP contribution in [0.3, 0.4) is 0 Å². The SMILES string of the molecule is CN=C(NCc1ccc(F)cc1)NCc1ccc(N2CCCCCC2)nc1. The lowest BCUT2D eigenvalue weighted by molar-refractivity contribution is 0.626. The van der Waals surface area contributed by atoms with Crippen molar-refractivity contribution in [2.24, 2.45) is 4.99 Å². The molecule has 27 heavy (non-hydrogen) atoms. The molecular weight excluding hydrogens is 341 g/mol. The summed E-state index contributed by atoms with van der Waals surface area (Å²) in [6.07, 6.45) is 7.08. The first kappa shape index (κ1) is 19.1. The van der Waals surface area contributed by atoms with Crippen molar-refractivity contribution in [1.29, 1.82) is 0 Å². The van der Waals surface area contributed by atoms with Crippen LogP contribution in [0.25, 0.3) is 0 Å². The summed E-state index contributed by atoms with van der Waals surface area (Å²) < 4.78 is 13.0. The van der Waals surface area contributed by atoms with Gasteiger partial charge in [0, 0.05) is 39.4 Å². The topological polar surface area (TPSA) is 52.6 Å². The molecule has 0 radical (unpaired) electrons. The molecule has 0 atom stereocenters. The van der Waals surface area contributed by atoms with Gasteiger partial charge in [0.25, 0.3) is 0 Å². The Morgan fingerprint density at radius 1 is 0.963 bits per heavy atom. The maximum Gasteiger partial charge on any atom is 0.191 e. The average Bonchev–Trinajstić information content (AvgIpc) is 2.99. The van der Waals surface area contributed by atoms with Crippen LogP contribution < -0.4 is 15.5 Å². The minimum atomic E-state index is -0.225. The summed E-state index contributed by atoms with van der Waals surface area (Å²) in [6, 6.07) is 10.7. The van der Waals surface area contributed by atoms with Crippen LogP contribution in [-0.2, 0) is 13.1 Å². The molecule has 2 heterocycles. The van der Waals surface area contributed by atoms with Crippen LogP contribution in [0.2, 0.25) is 0 Å². The van der Waals surface area contributed by atoms with Crippen molar-refractivity contribution in [3.8, 4) is 0 Å². The third kappa shape index (κ3) is 5.94. The number of anilines is 1. The molecule has 2 N–H and O–H groups in total. The van der Waals surface area contributed by atoms with E-state index in [0.717, 1.165) is 30.0 Å². The predicted octanol–water partition coefficient (Wildman–Crippen LogP) is 3.47. The number of benzene rings is 1. The highest BCUT2D eigenvalue weighted by Crippen LogP contribution is 2.17. The molecule has 6 heteroatoms. The molecule has 2 aromatic rings. The van der Waals surface area contributed by atoms with Crippen LogP contribution >= 0.6 is 0 Å². The lowest BCUT2D eigenvalue weighted by Crippen LogP contribution is -2.36. The predicted molar refractivity (Wildman–Crippen MR) is 108 cm³/mol. The van der Waals surface area contributed by atoms with Crippen molar-refractivity contribution in [3.05, 3.63) is 59.5 Å². The number of pyridine rings is 1. The quantitative estimate of drug-likeness (QED) is 0.626. The van der Waals surface area contributed by atoms with Crippen molar-refractivity contribution in [2.75, 3.05) is 25.0 Å². The Morgan fingerprint density at radius 3 is 2.19 bits per heavy atom. The largest absolute Gasteiger partial charge is 0.357 e. The van der Waals surface area contributed by atoms with Gasteiger partial charge in [-0.25, -0.2) is 9.37 Å². The van der Waals surface area contributed by atoms with E-state index in [9.17, 15) is 4.39 Å². The van der Waals surface area contributed by atoms with E-state index in [2.05, 4.69) is 37.6 Å². The number of aromatic nitrogens is 1. The van der Waals surface area contributed by atoms with E-state index in [0.29, 0.717) is 19.0 Å². The first-order valence-electron chi connectivity index (χ1n) is 9.63. The molecule has 1 saturated heterocycles. The van der Waals surface area contributed by atoms with Gasteiger partial charge in [-0.1, -0.05) is 31.0 Å². The lowest BCUT2D eigenvalue weighted by Gasteiger charge is -2.21. The third-order valence-corrected chi connectivity index (χ3v) is 4.80. The number of aliphatic imine (C=N–C) groups is 1. The first-order chi connectivity index (χ1) is 13.2. The molecule has 3 rings (SSSR count). The van der Waals surface area contributed by atoms with Crippen molar-refractivity contribution >= 4 is 11.8 Å². The van der Waals surface area contributed by atoms with Crippen molar-refractivity contribution in [2.45, 2.75) is 38.8 Å². The number of nitrogens with one attached hydrogen (secondary N) is 2. The zero-order chi connectivity index (χ0) is 18.9. The average molecular weight is 369 g/mol. The standard InChI is InChI=1S/C21H28FN5/c1-23-21(25-14-17-6-9-19(22)10-7-17)26-16-18-8-11-20(24-15-18)27-12-4-2-3-5-13-27/h6-11,15H,2-5,12-14,16H2,1H3,(H2,23,25,26). The van der Waals surface area contributed by atoms with E-state index in [1.54, 1.807) is 19.2 Å². The van der Waals surface area contributed by atoms with Crippen molar-refractivity contribution < 1.29 is 4.39 Å². The van der Waals surface area contributed by atoms with Crippen LogP contribution in [0.5, 0.6) is 0 Å². The number of hydrogen-bond donors (Lipinski definition) is 2. The molecule has 0 bridgehead atoms. The molecule has 0 amide bonds. The maximum absolute atomic E-state index is 13.0. The highest BCUT2D eigenvalue weighted by molar-refractivity contribution is 5.79. The summed E-state index contributed by atoms with van der Waals surface area (Å²) in [5, 5.41) is 6.52.